The van der Waals surface area contributed by atoms with Crippen molar-refractivity contribution in [3.63, 3.8) is 0 Å². The monoisotopic (exact) mass is 273 g/mol. The van der Waals surface area contributed by atoms with Crippen LogP contribution in [0.5, 0.6) is 5.75 Å². The molecule has 2 aromatic rings. The molecule has 2 atom stereocenters. The van der Waals surface area contributed by atoms with Gasteiger partial charge in [-0.2, -0.15) is 4.21 Å². The topological polar surface area (TPSA) is 64.8 Å². The van der Waals surface area contributed by atoms with Crippen LogP contribution in [-0.4, -0.2) is 9.32 Å². The minimum absolute atomic E-state index is 0.172. The highest BCUT2D eigenvalue weighted by Crippen LogP contribution is 2.30. The molecule has 2 aromatic carbocycles. The summed E-state index contributed by atoms with van der Waals surface area (Å²) in [5.74, 6) is 0.172. The summed E-state index contributed by atoms with van der Waals surface area (Å²) in [6, 6.07) is 13.6. The predicted octanol–water partition coefficient (Wildman–Crippen LogP) is 1.58. The van der Waals surface area contributed by atoms with E-state index in [4.69, 9.17) is 0 Å². The molecule has 1 aliphatic heterocycles. The number of phenolic OH excluding ortho intramolecular Hbond substituents is 1. The van der Waals surface area contributed by atoms with Gasteiger partial charge in [0, 0.05) is 6.07 Å². The normalized spacial score (nSPS) is 23.5. The van der Waals surface area contributed by atoms with E-state index in [1.54, 1.807) is 48.5 Å². The molecule has 0 saturated heterocycles. The second-order valence-electron chi connectivity index (χ2n) is 4.20. The van der Waals surface area contributed by atoms with Crippen molar-refractivity contribution in [1.82, 2.24) is 0 Å². The molecule has 0 aromatic heterocycles. The molecule has 0 radical (unpaired) electrons. The first-order valence-corrected chi connectivity index (χ1v) is 6.88. The van der Waals surface area contributed by atoms with Gasteiger partial charge in [-0.1, -0.05) is 24.3 Å². The number of quaternary nitrogens is 1. The number of aromatic hydroxyl groups is 1. The number of phenols is 1. The molecule has 0 amide bonds. The molecule has 1 aliphatic rings. The fourth-order valence-corrected chi connectivity index (χ4v) is 3.23. The molecule has 0 aliphatic carbocycles. The predicted molar refractivity (Wildman–Crippen MR) is 74.6 cm³/mol. The maximum atomic E-state index is 12.1. The molecule has 3 rings (SSSR count). The zero-order chi connectivity index (χ0) is 13.4. The molecule has 2 unspecified atom stereocenters. The van der Waals surface area contributed by atoms with E-state index in [1.165, 1.54) is 0 Å². The van der Waals surface area contributed by atoms with Crippen molar-refractivity contribution in [2.24, 2.45) is 0 Å². The first kappa shape index (κ1) is 12.1. The first-order valence-electron chi connectivity index (χ1n) is 5.73. The zero-order valence-corrected chi connectivity index (χ0v) is 10.7. The smallest absolute Gasteiger partial charge is 0.244 e. The number of benzene rings is 2. The van der Waals surface area contributed by atoms with Crippen molar-refractivity contribution in [2.45, 2.75) is 0 Å². The largest absolute Gasteiger partial charge is 0.614 e. The van der Waals surface area contributed by atoms with Crippen LogP contribution in [0.4, 0.5) is 5.69 Å². The first-order chi connectivity index (χ1) is 9.16. The van der Waals surface area contributed by atoms with Gasteiger partial charge in [0.2, 0.25) is 11.0 Å². The average molecular weight is 273 g/mol. The Balaban J connectivity index is 2.10. The van der Waals surface area contributed by atoms with Crippen LogP contribution in [-0.2, 0) is 11.0 Å². The highest BCUT2D eigenvalue weighted by Gasteiger charge is 2.31. The van der Waals surface area contributed by atoms with E-state index in [9.17, 15) is 14.5 Å². The van der Waals surface area contributed by atoms with Crippen molar-refractivity contribution in [2.75, 3.05) is 0 Å². The van der Waals surface area contributed by atoms with Crippen LogP contribution in [0.2, 0.25) is 0 Å². The van der Waals surface area contributed by atoms with Gasteiger partial charge in [0.05, 0.1) is 5.56 Å². The number of hydrogen-bond donors (Lipinski definition) is 2. The highest BCUT2D eigenvalue weighted by atomic mass is 32.2. The summed E-state index contributed by atoms with van der Waals surface area (Å²) in [6.45, 7) is 0. The fraction of sp³-hybridized carbons (Fsp3) is 0. The van der Waals surface area contributed by atoms with Crippen LogP contribution in [0.15, 0.2) is 48.5 Å². The molecule has 2 N–H and O–H groups in total. The van der Waals surface area contributed by atoms with Gasteiger partial charge in [0.15, 0.2) is 5.69 Å². The van der Waals surface area contributed by atoms with E-state index in [0.717, 1.165) is 11.1 Å². The van der Waals surface area contributed by atoms with Crippen LogP contribution >= 0.6 is 0 Å². The van der Waals surface area contributed by atoms with Crippen molar-refractivity contribution in [3.05, 3.63) is 64.9 Å². The third kappa shape index (κ3) is 2.08. The Morgan fingerprint density at radius 3 is 2.53 bits per heavy atom. The lowest BCUT2D eigenvalue weighted by Crippen LogP contribution is -3.00. The minimum Gasteiger partial charge on any atom is -0.614 e. The van der Waals surface area contributed by atoms with E-state index in [-0.39, 0.29) is 10.2 Å². The molecule has 0 fully saturated rings. The molecule has 0 bridgehead atoms. The van der Waals surface area contributed by atoms with E-state index < -0.39 is 11.0 Å². The summed E-state index contributed by atoms with van der Waals surface area (Å²) in [5, 5.41) is 21.1. The third-order valence-corrected chi connectivity index (χ3v) is 4.27. The molecule has 0 saturated carbocycles. The van der Waals surface area contributed by atoms with Gasteiger partial charge >= 0.3 is 0 Å². The molecule has 19 heavy (non-hydrogen) atoms. The average Bonchev–Trinajstić information content (AvgIpc) is 2.67. The highest BCUT2D eigenvalue weighted by molar-refractivity contribution is 7.89. The summed E-state index contributed by atoms with van der Waals surface area (Å²) in [5.41, 5.74) is 2.02. The lowest BCUT2D eigenvalue weighted by atomic mass is 10.1. The zero-order valence-electron chi connectivity index (χ0n) is 9.87. The van der Waals surface area contributed by atoms with E-state index in [0.29, 0.717) is 10.6 Å². The summed E-state index contributed by atoms with van der Waals surface area (Å²) >= 11 is 0. The summed E-state index contributed by atoms with van der Waals surface area (Å²) < 4.78 is 11.7. The molecule has 4 nitrogen and oxygen atoms in total. The van der Waals surface area contributed by atoms with Crippen molar-refractivity contribution in [1.29, 1.82) is 0 Å². The van der Waals surface area contributed by atoms with Gasteiger partial charge in [-0.25, -0.2) is 4.47 Å². The van der Waals surface area contributed by atoms with Gasteiger partial charge in [-0.3, -0.25) is 0 Å². The lowest BCUT2D eigenvalue weighted by Gasteiger charge is -2.11. The van der Waals surface area contributed by atoms with Crippen LogP contribution in [0.25, 0.3) is 11.0 Å². The summed E-state index contributed by atoms with van der Waals surface area (Å²) in [7, 11) is -1.65. The number of hydrogen-bond acceptors (Lipinski definition) is 3. The SMILES string of the molecule is O=S1C(=Cc2ccc(O)cc2)c2ccccc2[NH+]1[O-]. The Morgan fingerprint density at radius 2 is 1.79 bits per heavy atom. The van der Waals surface area contributed by atoms with Gasteiger partial charge in [0.25, 0.3) is 0 Å². The van der Waals surface area contributed by atoms with Gasteiger partial charge < -0.3 is 10.3 Å². The lowest BCUT2D eigenvalue weighted by molar-refractivity contribution is -0.614. The molecular formula is C14H11NO3S. The maximum absolute atomic E-state index is 12.1. The number of fused-ring (bicyclic) bond motifs is 1. The van der Waals surface area contributed by atoms with Gasteiger partial charge in [0.1, 0.15) is 10.7 Å². The maximum Gasteiger partial charge on any atom is 0.244 e. The van der Waals surface area contributed by atoms with E-state index >= 15 is 0 Å². The van der Waals surface area contributed by atoms with E-state index in [1.807, 2.05) is 6.07 Å². The standard InChI is InChI=1S/C14H11NO3S/c16-11-7-5-10(6-8-11)9-14-12-3-1-2-4-13(12)15(17)19(14)18/h1-9,15-16H. The Bertz CT molecular complexity index is 679. The Morgan fingerprint density at radius 1 is 1.11 bits per heavy atom. The van der Waals surface area contributed by atoms with Crippen molar-refractivity contribution >= 4 is 27.7 Å². The third-order valence-electron chi connectivity index (χ3n) is 2.97. The Kier molecular flexibility index (Phi) is 2.94. The number of rotatable bonds is 1. The number of nitrogens with one attached hydrogen (secondary N) is 1. The Hall–Kier alpha value is -1.95. The van der Waals surface area contributed by atoms with E-state index in [2.05, 4.69) is 0 Å². The molecule has 5 heteroatoms. The summed E-state index contributed by atoms with van der Waals surface area (Å²) in [4.78, 5) is 0.520. The van der Waals surface area contributed by atoms with Crippen LogP contribution < -0.4 is 4.47 Å². The molecule has 1 heterocycles. The summed E-state index contributed by atoms with van der Waals surface area (Å²) in [6.07, 6.45) is 1.72. The van der Waals surface area contributed by atoms with Crippen LogP contribution in [0.1, 0.15) is 11.1 Å². The van der Waals surface area contributed by atoms with Gasteiger partial charge in [-0.05, 0) is 29.8 Å². The quantitative estimate of drug-likeness (QED) is 0.775. The molecule has 96 valence electrons. The van der Waals surface area contributed by atoms with Crippen molar-refractivity contribution < 1.29 is 13.8 Å². The van der Waals surface area contributed by atoms with Crippen molar-refractivity contribution in [3.8, 4) is 5.75 Å². The fourth-order valence-electron chi connectivity index (χ4n) is 2.03. The van der Waals surface area contributed by atoms with Gasteiger partial charge in [-0.15, -0.1) is 0 Å². The second-order valence-corrected chi connectivity index (χ2v) is 5.55. The van der Waals surface area contributed by atoms with Crippen LogP contribution in [0.3, 0.4) is 0 Å². The molecule has 0 spiro atoms. The second kappa shape index (κ2) is 4.62. The minimum atomic E-state index is -1.65. The van der Waals surface area contributed by atoms with Crippen LogP contribution in [0, 0.1) is 5.21 Å². The Labute approximate surface area is 112 Å². The molecular weight excluding hydrogens is 262 g/mol.